The van der Waals surface area contributed by atoms with Gasteiger partial charge in [0.1, 0.15) is 0 Å². The van der Waals surface area contributed by atoms with Gasteiger partial charge in [-0.3, -0.25) is 14.4 Å². The van der Waals surface area contributed by atoms with E-state index in [1.165, 1.54) is 17.9 Å². The minimum absolute atomic E-state index is 0.115. The van der Waals surface area contributed by atoms with Crippen LogP contribution in [0.4, 0.5) is 0 Å². The topological polar surface area (TPSA) is 100 Å². The molecule has 7 heteroatoms. The molecule has 0 saturated heterocycles. The van der Waals surface area contributed by atoms with E-state index in [1.54, 1.807) is 6.07 Å². The van der Waals surface area contributed by atoms with E-state index in [-0.39, 0.29) is 30.8 Å². The Morgan fingerprint density at radius 3 is 2.23 bits per heavy atom. The molecule has 0 bridgehead atoms. The zero-order valence-electron chi connectivity index (χ0n) is 17.5. The zero-order valence-corrected chi connectivity index (χ0v) is 17.5. The summed E-state index contributed by atoms with van der Waals surface area (Å²) in [6.07, 6.45) is 1.37. The summed E-state index contributed by atoms with van der Waals surface area (Å²) in [5.41, 5.74) is 4.20. The van der Waals surface area contributed by atoms with Gasteiger partial charge >= 0.3 is 0 Å². The SMILES string of the molecule is Cc1ccc([C@H](NC(=O)CNC(=O)CNC(=O)c2ccco2)c2ccccc2)cc1C. The molecule has 0 aliphatic heterocycles. The first-order valence-electron chi connectivity index (χ1n) is 9.94. The maximum absolute atomic E-state index is 12.6. The monoisotopic (exact) mass is 419 g/mol. The lowest BCUT2D eigenvalue weighted by Gasteiger charge is -2.21. The van der Waals surface area contributed by atoms with Crippen LogP contribution in [0.15, 0.2) is 71.3 Å². The highest BCUT2D eigenvalue weighted by atomic mass is 16.3. The van der Waals surface area contributed by atoms with Crippen LogP contribution in [0.5, 0.6) is 0 Å². The molecule has 0 spiro atoms. The quantitative estimate of drug-likeness (QED) is 0.523. The number of aryl methyl sites for hydroxylation is 2. The number of hydrogen-bond acceptors (Lipinski definition) is 4. The second-order valence-electron chi connectivity index (χ2n) is 7.19. The van der Waals surface area contributed by atoms with Gasteiger partial charge in [-0.15, -0.1) is 0 Å². The Kier molecular flexibility index (Phi) is 7.22. The van der Waals surface area contributed by atoms with Gasteiger partial charge in [0.2, 0.25) is 11.8 Å². The van der Waals surface area contributed by atoms with Crippen molar-refractivity contribution < 1.29 is 18.8 Å². The van der Waals surface area contributed by atoms with Crippen LogP contribution < -0.4 is 16.0 Å². The van der Waals surface area contributed by atoms with E-state index in [0.29, 0.717) is 0 Å². The van der Waals surface area contributed by atoms with Crippen molar-refractivity contribution >= 4 is 17.7 Å². The van der Waals surface area contributed by atoms with Crippen LogP contribution in [0.3, 0.4) is 0 Å². The van der Waals surface area contributed by atoms with Crippen molar-refractivity contribution in [1.82, 2.24) is 16.0 Å². The molecule has 0 unspecified atom stereocenters. The van der Waals surface area contributed by atoms with Crippen LogP contribution in [-0.4, -0.2) is 30.8 Å². The van der Waals surface area contributed by atoms with E-state index in [1.807, 2.05) is 56.3 Å². The summed E-state index contributed by atoms with van der Waals surface area (Å²) in [5, 5.41) is 7.93. The summed E-state index contributed by atoms with van der Waals surface area (Å²) in [4.78, 5) is 36.3. The fraction of sp³-hybridized carbons (Fsp3) is 0.208. The van der Waals surface area contributed by atoms with Crippen LogP contribution in [-0.2, 0) is 9.59 Å². The summed E-state index contributed by atoms with van der Waals surface area (Å²) in [6, 6.07) is 18.4. The Labute approximate surface area is 180 Å². The maximum atomic E-state index is 12.6. The molecule has 0 saturated carbocycles. The average molecular weight is 419 g/mol. The fourth-order valence-electron chi connectivity index (χ4n) is 3.06. The third kappa shape index (κ3) is 6.05. The molecule has 1 heterocycles. The third-order valence-electron chi connectivity index (χ3n) is 4.90. The number of rotatable bonds is 8. The normalized spacial score (nSPS) is 11.4. The van der Waals surface area contributed by atoms with Crippen LogP contribution in [0.2, 0.25) is 0 Å². The molecule has 3 rings (SSSR count). The summed E-state index contributed by atoms with van der Waals surface area (Å²) in [6.45, 7) is 3.60. The fourth-order valence-corrected chi connectivity index (χ4v) is 3.06. The lowest BCUT2D eigenvalue weighted by Crippen LogP contribution is -2.42. The molecule has 3 aromatic rings. The van der Waals surface area contributed by atoms with Crippen LogP contribution in [0.1, 0.15) is 38.9 Å². The largest absolute Gasteiger partial charge is 0.459 e. The Balaban J connectivity index is 1.58. The molecule has 1 aromatic heterocycles. The Hall–Kier alpha value is -3.87. The summed E-state index contributed by atoms with van der Waals surface area (Å²) in [7, 11) is 0. The number of amides is 3. The minimum Gasteiger partial charge on any atom is -0.459 e. The smallest absolute Gasteiger partial charge is 0.287 e. The van der Waals surface area contributed by atoms with Crippen molar-refractivity contribution in [1.29, 1.82) is 0 Å². The van der Waals surface area contributed by atoms with Crippen molar-refractivity contribution in [2.24, 2.45) is 0 Å². The molecule has 160 valence electrons. The molecule has 3 amide bonds. The van der Waals surface area contributed by atoms with Gasteiger partial charge in [-0.05, 0) is 48.2 Å². The molecular formula is C24H25N3O4. The summed E-state index contributed by atoms with van der Waals surface area (Å²) in [5.74, 6) is -1.19. The lowest BCUT2D eigenvalue weighted by atomic mass is 9.95. The number of hydrogen-bond donors (Lipinski definition) is 3. The number of nitrogens with one attached hydrogen (secondary N) is 3. The van der Waals surface area contributed by atoms with E-state index in [2.05, 4.69) is 22.0 Å². The Morgan fingerprint density at radius 1 is 0.806 bits per heavy atom. The highest BCUT2D eigenvalue weighted by Gasteiger charge is 2.18. The van der Waals surface area contributed by atoms with Crippen LogP contribution in [0, 0.1) is 13.8 Å². The van der Waals surface area contributed by atoms with E-state index in [0.717, 1.165) is 16.7 Å². The predicted molar refractivity (Wildman–Crippen MR) is 116 cm³/mol. The van der Waals surface area contributed by atoms with E-state index >= 15 is 0 Å². The van der Waals surface area contributed by atoms with Crippen LogP contribution >= 0.6 is 0 Å². The number of benzene rings is 2. The van der Waals surface area contributed by atoms with E-state index in [4.69, 9.17) is 4.42 Å². The number of carbonyl (C=O) groups is 3. The summed E-state index contributed by atoms with van der Waals surface area (Å²) >= 11 is 0. The number of carbonyl (C=O) groups excluding carboxylic acids is 3. The van der Waals surface area contributed by atoms with E-state index in [9.17, 15) is 14.4 Å². The maximum Gasteiger partial charge on any atom is 0.287 e. The molecular weight excluding hydrogens is 394 g/mol. The van der Waals surface area contributed by atoms with Gasteiger partial charge in [0.05, 0.1) is 25.4 Å². The van der Waals surface area contributed by atoms with Gasteiger partial charge in [0, 0.05) is 0 Å². The molecule has 7 nitrogen and oxygen atoms in total. The van der Waals surface area contributed by atoms with Crippen molar-refractivity contribution in [3.8, 4) is 0 Å². The number of furan rings is 1. The molecule has 1 atom stereocenters. The molecule has 0 aliphatic rings. The first kappa shape index (κ1) is 21.8. The standard InChI is InChI=1S/C24H25N3O4/c1-16-10-11-19(13-17(16)2)23(18-7-4-3-5-8-18)27-22(29)15-25-21(28)14-26-24(30)20-9-6-12-31-20/h3-13,23H,14-15H2,1-2H3,(H,25,28)(H,26,30)(H,27,29)/t23-/m1/s1. The zero-order chi connectivity index (χ0) is 22.2. The average Bonchev–Trinajstić information content (AvgIpc) is 3.32. The predicted octanol–water partition coefficient (Wildman–Crippen LogP) is 2.65. The van der Waals surface area contributed by atoms with E-state index < -0.39 is 11.8 Å². The Bertz CT molecular complexity index is 1050. The molecule has 0 radical (unpaired) electrons. The van der Waals surface area contributed by atoms with Crippen molar-refractivity contribution in [3.05, 3.63) is 94.9 Å². The molecule has 0 fully saturated rings. The first-order valence-corrected chi connectivity index (χ1v) is 9.94. The first-order chi connectivity index (χ1) is 14.9. The molecule has 2 aromatic carbocycles. The van der Waals surface area contributed by atoms with Gasteiger partial charge in [-0.2, -0.15) is 0 Å². The lowest BCUT2D eigenvalue weighted by molar-refractivity contribution is -0.125. The van der Waals surface area contributed by atoms with Gasteiger partial charge < -0.3 is 20.4 Å². The van der Waals surface area contributed by atoms with Crippen LogP contribution in [0.25, 0.3) is 0 Å². The highest BCUT2D eigenvalue weighted by molar-refractivity contribution is 5.94. The second kappa shape index (κ2) is 10.2. The van der Waals surface area contributed by atoms with Crippen molar-refractivity contribution in [2.45, 2.75) is 19.9 Å². The molecule has 31 heavy (non-hydrogen) atoms. The van der Waals surface area contributed by atoms with Gasteiger partial charge in [0.25, 0.3) is 5.91 Å². The molecule has 3 N–H and O–H groups in total. The third-order valence-corrected chi connectivity index (χ3v) is 4.90. The summed E-state index contributed by atoms with van der Waals surface area (Å²) < 4.78 is 4.96. The van der Waals surface area contributed by atoms with Gasteiger partial charge in [-0.1, -0.05) is 48.5 Å². The minimum atomic E-state index is -0.497. The van der Waals surface area contributed by atoms with Gasteiger partial charge in [-0.25, -0.2) is 0 Å². The Morgan fingerprint density at radius 2 is 1.55 bits per heavy atom. The second-order valence-corrected chi connectivity index (χ2v) is 7.19. The molecule has 0 aliphatic carbocycles. The van der Waals surface area contributed by atoms with Crippen molar-refractivity contribution in [2.75, 3.05) is 13.1 Å². The van der Waals surface area contributed by atoms with Crippen molar-refractivity contribution in [3.63, 3.8) is 0 Å². The highest BCUT2D eigenvalue weighted by Crippen LogP contribution is 2.24. The van der Waals surface area contributed by atoms with Gasteiger partial charge in [0.15, 0.2) is 5.76 Å².